The molecule has 1 atom stereocenters. The Balaban J connectivity index is 2.53. The SMILES string of the molecule is COc1c(Br)cc2c(c1CC(C)O)CCCC2. The predicted octanol–water partition coefficient (Wildman–Crippen LogP) is 3.26. The largest absolute Gasteiger partial charge is 0.495 e. The third-order valence-electron chi connectivity index (χ3n) is 3.37. The van der Waals surface area contributed by atoms with Crippen molar-refractivity contribution in [2.24, 2.45) is 0 Å². The van der Waals surface area contributed by atoms with Crippen LogP contribution >= 0.6 is 15.9 Å². The molecule has 1 aliphatic carbocycles. The van der Waals surface area contributed by atoms with Crippen molar-refractivity contribution < 1.29 is 9.84 Å². The highest BCUT2D eigenvalue weighted by Gasteiger charge is 2.20. The van der Waals surface area contributed by atoms with E-state index in [0.29, 0.717) is 6.42 Å². The number of aryl methyl sites for hydroxylation is 1. The van der Waals surface area contributed by atoms with E-state index in [1.165, 1.54) is 29.5 Å². The lowest BCUT2D eigenvalue weighted by Crippen LogP contribution is -2.13. The normalized spacial score (nSPS) is 16.5. The molecule has 0 aromatic heterocycles. The Hall–Kier alpha value is -0.540. The molecule has 1 aliphatic rings. The minimum atomic E-state index is -0.329. The summed E-state index contributed by atoms with van der Waals surface area (Å²) in [5.41, 5.74) is 4.00. The molecule has 1 unspecified atom stereocenters. The maximum absolute atomic E-state index is 9.65. The smallest absolute Gasteiger partial charge is 0.136 e. The molecular weight excluding hydrogens is 280 g/mol. The second-order valence-corrected chi connectivity index (χ2v) is 5.62. The van der Waals surface area contributed by atoms with Crippen LogP contribution in [0.15, 0.2) is 10.5 Å². The number of methoxy groups -OCH3 is 1. The topological polar surface area (TPSA) is 29.5 Å². The summed E-state index contributed by atoms with van der Waals surface area (Å²) >= 11 is 3.57. The van der Waals surface area contributed by atoms with Crippen molar-refractivity contribution in [3.05, 3.63) is 27.2 Å². The van der Waals surface area contributed by atoms with Crippen molar-refractivity contribution in [2.75, 3.05) is 7.11 Å². The van der Waals surface area contributed by atoms with Gasteiger partial charge in [0.1, 0.15) is 5.75 Å². The zero-order valence-electron chi connectivity index (χ0n) is 10.4. The molecule has 0 heterocycles. The van der Waals surface area contributed by atoms with Gasteiger partial charge >= 0.3 is 0 Å². The Labute approximate surface area is 111 Å². The van der Waals surface area contributed by atoms with Gasteiger partial charge in [-0.15, -0.1) is 0 Å². The number of fused-ring (bicyclic) bond motifs is 1. The molecule has 17 heavy (non-hydrogen) atoms. The van der Waals surface area contributed by atoms with Gasteiger partial charge in [-0.1, -0.05) is 0 Å². The van der Waals surface area contributed by atoms with Gasteiger partial charge < -0.3 is 9.84 Å². The summed E-state index contributed by atoms with van der Waals surface area (Å²) in [6, 6.07) is 2.18. The Bertz CT molecular complexity index is 413. The first kappa shape index (κ1) is 12.9. The third kappa shape index (κ3) is 2.66. The van der Waals surface area contributed by atoms with Crippen molar-refractivity contribution >= 4 is 15.9 Å². The van der Waals surface area contributed by atoms with Crippen molar-refractivity contribution in [1.29, 1.82) is 0 Å². The van der Waals surface area contributed by atoms with Gasteiger partial charge in [-0.2, -0.15) is 0 Å². The van der Waals surface area contributed by atoms with Gasteiger partial charge in [-0.05, 0) is 65.7 Å². The number of aliphatic hydroxyl groups is 1. The summed E-state index contributed by atoms with van der Waals surface area (Å²) in [5, 5.41) is 9.65. The van der Waals surface area contributed by atoms with Crippen LogP contribution in [0, 0.1) is 0 Å². The fourth-order valence-corrected chi connectivity index (χ4v) is 3.34. The number of benzene rings is 1. The third-order valence-corrected chi connectivity index (χ3v) is 3.96. The molecule has 2 nitrogen and oxygen atoms in total. The van der Waals surface area contributed by atoms with E-state index in [0.717, 1.165) is 23.1 Å². The monoisotopic (exact) mass is 298 g/mol. The Kier molecular flexibility index (Phi) is 4.10. The van der Waals surface area contributed by atoms with Gasteiger partial charge in [0.25, 0.3) is 0 Å². The minimum absolute atomic E-state index is 0.329. The van der Waals surface area contributed by atoms with Gasteiger partial charge in [-0.3, -0.25) is 0 Å². The van der Waals surface area contributed by atoms with Crippen LogP contribution in [-0.4, -0.2) is 18.3 Å². The van der Waals surface area contributed by atoms with Crippen molar-refractivity contribution in [1.82, 2.24) is 0 Å². The molecule has 0 saturated heterocycles. The fourth-order valence-electron chi connectivity index (χ4n) is 2.66. The number of aliphatic hydroxyl groups excluding tert-OH is 1. The second kappa shape index (κ2) is 5.40. The van der Waals surface area contributed by atoms with E-state index in [2.05, 4.69) is 22.0 Å². The van der Waals surface area contributed by atoms with Crippen LogP contribution in [0.5, 0.6) is 5.75 Å². The van der Waals surface area contributed by atoms with Crippen LogP contribution in [-0.2, 0) is 19.3 Å². The van der Waals surface area contributed by atoms with Crippen LogP contribution in [0.25, 0.3) is 0 Å². The van der Waals surface area contributed by atoms with E-state index in [-0.39, 0.29) is 6.10 Å². The Morgan fingerprint density at radius 3 is 2.76 bits per heavy atom. The molecule has 94 valence electrons. The van der Waals surface area contributed by atoms with Crippen LogP contribution in [0.2, 0.25) is 0 Å². The standard InChI is InChI=1S/C14H19BrO2/c1-9(16)7-12-11-6-4-3-5-10(11)8-13(15)14(12)17-2/h8-9,16H,3-7H2,1-2H3. The molecule has 0 radical (unpaired) electrons. The number of ether oxygens (including phenoxy) is 1. The molecule has 0 fully saturated rings. The maximum Gasteiger partial charge on any atom is 0.136 e. The Morgan fingerprint density at radius 2 is 2.12 bits per heavy atom. The van der Waals surface area contributed by atoms with Gasteiger partial charge in [0, 0.05) is 12.0 Å². The molecule has 1 aromatic carbocycles. The van der Waals surface area contributed by atoms with E-state index in [4.69, 9.17) is 4.74 Å². The van der Waals surface area contributed by atoms with Crippen LogP contribution < -0.4 is 4.74 Å². The quantitative estimate of drug-likeness (QED) is 0.928. The van der Waals surface area contributed by atoms with Crippen molar-refractivity contribution in [3.8, 4) is 5.75 Å². The molecule has 0 saturated carbocycles. The van der Waals surface area contributed by atoms with Gasteiger partial charge in [0.2, 0.25) is 0 Å². The van der Waals surface area contributed by atoms with Crippen molar-refractivity contribution in [2.45, 2.75) is 45.1 Å². The average Bonchev–Trinajstić information content (AvgIpc) is 2.28. The Morgan fingerprint density at radius 1 is 1.41 bits per heavy atom. The molecule has 0 spiro atoms. The number of rotatable bonds is 3. The molecule has 2 rings (SSSR count). The molecule has 0 amide bonds. The lowest BCUT2D eigenvalue weighted by atomic mass is 9.86. The number of hydrogen-bond donors (Lipinski definition) is 1. The van der Waals surface area contributed by atoms with E-state index < -0.39 is 0 Å². The minimum Gasteiger partial charge on any atom is -0.495 e. The highest BCUT2D eigenvalue weighted by atomic mass is 79.9. The highest BCUT2D eigenvalue weighted by molar-refractivity contribution is 9.10. The summed E-state index contributed by atoms with van der Waals surface area (Å²) in [6.45, 7) is 1.83. The first-order chi connectivity index (χ1) is 8.13. The summed E-state index contributed by atoms with van der Waals surface area (Å²) in [7, 11) is 1.70. The lowest BCUT2D eigenvalue weighted by molar-refractivity contribution is 0.193. The molecular formula is C14H19BrO2. The average molecular weight is 299 g/mol. The first-order valence-electron chi connectivity index (χ1n) is 6.18. The molecule has 1 aromatic rings. The van der Waals surface area contributed by atoms with Crippen LogP contribution in [0.3, 0.4) is 0 Å². The van der Waals surface area contributed by atoms with Crippen LogP contribution in [0.4, 0.5) is 0 Å². The molecule has 3 heteroatoms. The maximum atomic E-state index is 9.65. The first-order valence-corrected chi connectivity index (χ1v) is 6.98. The predicted molar refractivity (Wildman–Crippen MR) is 72.7 cm³/mol. The second-order valence-electron chi connectivity index (χ2n) is 4.77. The highest BCUT2D eigenvalue weighted by Crippen LogP contribution is 2.38. The summed E-state index contributed by atoms with van der Waals surface area (Å²) in [5.74, 6) is 0.895. The number of halogens is 1. The molecule has 0 bridgehead atoms. The van der Waals surface area contributed by atoms with E-state index in [1.807, 2.05) is 6.92 Å². The molecule has 0 aliphatic heterocycles. The lowest BCUT2D eigenvalue weighted by Gasteiger charge is -2.23. The van der Waals surface area contributed by atoms with Gasteiger partial charge in [-0.25, -0.2) is 0 Å². The summed E-state index contributed by atoms with van der Waals surface area (Å²) in [6.07, 6.45) is 5.10. The zero-order chi connectivity index (χ0) is 12.4. The summed E-state index contributed by atoms with van der Waals surface area (Å²) in [4.78, 5) is 0. The molecule has 1 N–H and O–H groups in total. The van der Waals surface area contributed by atoms with Gasteiger partial charge in [0.15, 0.2) is 0 Å². The van der Waals surface area contributed by atoms with Crippen LogP contribution in [0.1, 0.15) is 36.5 Å². The van der Waals surface area contributed by atoms with Crippen molar-refractivity contribution in [3.63, 3.8) is 0 Å². The van der Waals surface area contributed by atoms with Gasteiger partial charge in [0.05, 0.1) is 17.7 Å². The zero-order valence-corrected chi connectivity index (χ0v) is 12.0. The van der Waals surface area contributed by atoms with E-state index in [9.17, 15) is 5.11 Å². The summed E-state index contributed by atoms with van der Waals surface area (Å²) < 4.78 is 6.50. The van der Waals surface area contributed by atoms with E-state index >= 15 is 0 Å². The number of hydrogen-bond acceptors (Lipinski definition) is 2. The fraction of sp³-hybridized carbons (Fsp3) is 0.571. The van der Waals surface area contributed by atoms with E-state index in [1.54, 1.807) is 7.11 Å².